The van der Waals surface area contributed by atoms with E-state index in [0.717, 1.165) is 25.1 Å². The average molecular weight is 359 g/mol. The van der Waals surface area contributed by atoms with Crippen molar-refractivity contribution in [1.29, 1.82) is 0 Å². The zero-order valence-electron chi connectivity index (χ0n) is 13.9. The van der Waals surface area contributed by atoms with Gasteiger partial charge in [-0.15, -0.1) is 0 Å². The number of nitrogens with one attached hydrogen (secondary N) is 1. The minimum absolute atomic E-state index is 0.0394. The molecule has 2 aliphatic heterocycles. The third kappa shape index (κ3) is 3.27. The number of H-pyrrole nitrogens is 1. The molecular weight excluding hydrogens is 338 g/mol. The molecule has 3 heterocycles. The Labute approximate surface area is 151 Å². The summed E-state index contributed by atoms with van der Waals surface area (Å²) < 4.78 is 13.9. The molecule has 0 bridgehead atoms. The summed E-state index contributed by atoms with van der Waals surface area (Å²) in [7, 11) is 0. The second-order valence-corrected chi connectivity index (χ2v) is 6.75. The number of hydrogen-bond donors (Lipinski definition) is 1. The summed E-state index contributed by atoms with van der Waals surface area (Å²) in [4.78, 5) is 17.9. The number of hydrogen-bond acceptors (Lipinski definition) is 4. The molecule has 1 aromatic carbocycles. The highest BCUT2D eigenvalue weighted by atomic mass is 32.1. The van der Waals surface area contributed by atoms with E-state index in [-0.39, 0.29) is 18.1 Å². The molecule has 2 aromatic rings. The standard InChI is InChI=1S/C18H21N3O3S/c22-17(20-8-10-24-16(12-20)15-7-4-9-23-15)14-11-19-18(25)21(14)13-5-2-1-3-6-13/h1-3,5-6,11,15-16H,4,7-10,12H2,(H,19,25). The number of ether oxygens (including phenoxy) is 2. The second kappa shape index (κ2) is 7.11. The van der Waals surface area contributed by atoms with Crippen molar-refractivity contribution in [3.8, 4) is 5.69 Å². The second-order valence-electron chi connectivity index (χ2n) is 6.36. The molecule has 4 rings (SSSR count). The molecule has 25 heavy (non-hydrogen) atoms. The first-order valence-corrected chi connectivity index (χ1v) is 9.03. The van der Waals surface area contributed by atoms with Crippen LogP contribution in [0.25, 0.3) is 5.69 Å². The Balaban J connectivity index is 1.58. The van der Waals surface area contributed by atoms with Crippen molar-refractivity contribution in [2.45, 2.75) is 25.0 Å². The number of aromatic amines is 1. The van der Waals surface area contributed by atoms with E-state index in [4.69, 9.17) is 21.7 Å². The molecule has 132 valence electrons. The Morgan fingerprint density at radius 1 is 1.16 bits per heavy atom. The van der Waals surface area contributed by atoms with Crippen LogP contribution in [0.5, 0.6) is 0 Å². The Hall–Kier alpha value is -1.96. The van der Waals surface area contributed by atoms with Crippen molar-refractivity contribution in [2.24, 2.45) is 0 Å². The number of rotatable bonds is 3. The lowest BCUT2D eigenvalue weighted by atomic mass is 10.1. The molecule has 2 aliphatic rings. The van der Waals surface area contributed by atoms with Crippen LogP contribution in [0.4, 0.5) is 0 Å². The van der Waals surface area contributed by atoms with Crippen LogP contribution in [0, 0.1) is 4.77 Å². The van der Waals surface area contributed by atoms with Gasteiger partial charge < -0.3 is 19.4 Å². The summed E-state index contributed by atoms with van der Waals surface area (Å²) in [6, 6.07) is 9.68. The third-order valence-corrected chi connectivity index (χ3v) is 5.07. The smallest absolute Gasteiger partial charge is 0.272 e. The summed E-state index contributed by atoms with van der Waals surface area (Å²) in [5.41, 5.74) is 1.42. The van der Waals surface area contributed by atoms with Gasteiger partial charge in [0.05, 0.1) is 12.7 Å². The highest BCUT2D eigenvalue weighted by Crippen LogP contribution is 2.22. The van der Waals surface area contributed by atoms with E-state index in [2.05, 4.69) is 4.98 Å². The van der Waals surface area contributed by atoms with Gasteiger partial charge in [0.2, 0.25) is 0 Å². The van der Waals surface area contributed by atoms with Crippen molar-refractivity contribution in [1.82, 2.24) is 14.5 Å². The minimum atomic E-state index is -0.0488. The van der Waals surface area contributed by atoms with Crippen molar-refractivity contribution in [3.63, 3.8) is 0 Å². The monoisotopic (exact) mass is 359 g/mol. The third-order valence-electron chi connectivity index (χ3n) is 4.77. The predicted octanol–water partition coefficient (Wildman–Crippen LogP) is 2.55. The molecule has 2 fully saturated rings. The maximum Gasteiger partial charge on any atom is 0.272 e. The number of aromatic nitrogens is 2. The number of morpholine rings is 1. The molecule has 0 saturated carbocycles. The van der Waals surface area contributed by atoms with Crippen molar-refractivity contribution in [3.05, 3.63) is 47.0 Å². The van der Waals surface area contributed by atoms with Gasteiger partial charge in [0, 0.05) is 31.6 Å². The zero-order chi connectivity index (χ0) is 17.2. The molecule has 1 N–H and O–H groups in total. The van der Waals surface area contributed by atoms with Gasteiger partial charge in [-0.2, -0.15) is 0 Å². The first-order valence-electron chi connectivity index (χ1n) is 8.62. The summed E-state index contributed by atoms with van der Waals surface area (Å²) in [5, 5.41) is 0. The van der Waals surface area contributed by atoms with Crippen LogP contribution in [0.1, 0.15) is 23.3 Å². The number of para-hydroxylation sites is 1. The van der Waals surface area contributed by atoms with Crippen LogP contribution in [0.2, 0.25) is 0 Å². The Morgan fingerprint density at radius 3 is 2.72 bits per heavy atom. The van der Waals surface area contributed by atoms with Crippen LogP contribution < -0.4 is 0 Å². The number of benzene rings is 1. The SMILES string of the molecule is O=C(c1c[nH]c(=S)n1-c1ccccc1)N1CCOC(C2CCCO2)C1. The number of carbonyl (C=O) groups is 1. The van der Waals surface area contributed by atoms with Gasteiger partial charge in [0.15, 0.2) is 4.77 Å². The first kappa shape index (κ1) is 16.5. The molecule has 0 aliphatic carbocycles. The average Bonchev–Trinajstić information content (AvgIpc) is 3.32. The predicted molar refractivity (Wildman–Crippen MR) is 95.6 cm³/mol. The fourth-order valence-corrected chi connectivity index (χ4v) is 3.76. The van der Waals surface area contributed by atoms with E-state index in [9.17, 15) is 4.79 Å². The Bertz CT molecular complexity index is 795. The quantitative estimate of drug-likeness (QED) is 0.856. The van der Waals surface area contributed by atoms with Crippen LogP contribution in [0.3, 0.4) is 0 Å². The summed E-state index contributed by atoms with van der Waals surface area (Å²) in [6.45, 7) is 2.45. The summed E-state index contributed by atoms with van der Waals surface area (Å²) in [5.74, 6) is -0.0394. The lowest BCUT2D eigenvalue weighted by molar-refractivity contribution is -0.0868. The Kier molecular flexibility index (Phi) is 4.70. The van der Waals surface area contributed by atoms with Crippen LogP contribution in [-0.4, -0.2) is 58.9 Å². The Morgan fingerprint density at radius 2 is 1.96 bits per heavy atom. The van der Waals surface area contributed by atoms with E-state index in [0.29, 0.717) is 30.2 Å². The molecule has 2 atom stereocenters. The molecule has 1 amide bonds. The van der Waals surface area contributed by atoms with Crippen molar-refractivity contribution in [2.75, 3.05) is 26.3 Å². The molecule has 0 spiro atoms. The van der Waals surface area contributed by atoms with E-state index in [1.54, 1.807) is 10.8 Å². The van der Waals surface area contributed by atoms with E-state index in [1.807, 2.05) is 35.2 Å². The van der Waals surface area contributed by atoms with Crippen LogP contribution in [-0.2, 0) is 9.47 Å². The number of imidazole rings is 1. The maximum absolute atomic E-state index is 13.1. The molecular formula is C18H21N3O3S. The fraction of sp³-hybridized carbons (Fsp3) is 0.444. The van der Waals surface area contributed by atoms with Gasteiger partial charge in [-0.05, 0) is 37.2 Å². The highest BCUT2D eigenvalue weighted by Gasteiger charge is 2.34. The number of nitrogens with zero attached hydrogens (tertiary/aromatic N) is 2. The highest BCUT2D eigenvalue weighted by molar-refractivity contribution is 7.71. The molecule has 2 saturated heterocycles. The maximum atomic E-state index is 13.1. The van der Waals surface area contributed by atoms with Crippen molar-refractivity contribution >= 4 is 18.1 Å². The zero-order valence-corrected chi connectivity index (χ0v) is 14.7. The normalized spacial score (nSPS) is 23.8. The number of amides is 1. The van der Waals surface area contributed by atoms with E-state index >= 15 is 0 Å². The number of carbonyl (C=O) groups excluding carboxylic acids is 1. The van der Waals surface area contributed by atoms with E-state index < -0.39 is 0 Å². The minimum Gasteiger partial charge on any atom is -0.375 e. The molecule has 7 heteroatoms. The lowest BCUT2D eigenvalue weighted by Crippen LogP contribution is -2.50. The summed E-state index contributed by atoms with van der Waals surface area (Å²) >= 11 is 5.38. The van der Waals surface area contributed by atoms with Crippen LogP contribution in [0.15, 0.2) is 36.5 Å². The van der Waals surface area contributed by atoms with Gasteiger partial charge in [0.1, 0.15) is 11.8 Å². The van der Waals surface area contributed by atoms with Gasteiger partial charge >= 0.3 is 0 Å². The van der Waals surface area contributed by atoms with Gasteiger partial charge in [-0.25, -0.2) is 0 Å². The molecule has 0 radical (unpaired) electrons. The largest absolute Gasteiger partial charge is 0.375 e. The molecule has 6 nitrogen and oxygen atoms in total. The first-order chi connectivity index (χ1) is 12.2. The molecule has 1 aromatic heterocycles. The van der Waals surface area contributed by atoms with Gasteiger partial charge in [0.25, 0.3) is 5.91 Å². The topological polar surface area (TPSA) is 59.5 Å². The summed E-state index contributed by atoms with van der Waals surface area (Å²) in [6.07, 6.45) is 3.79. The van der Waals surface area contributed by atoms with E-state index in [1.165, 1.54) is 0 Å². The van der Waals surface area contributed by atoms with Gasteiger partial charge in [-0.1, -0.05) is 18.2 Å². The van der Waals surface area contributed by atoms with Crippen LogP contribution >= 0.6 is 12.2 Å². The lowest BCUT2D eigenvalue weighted by Gasteiger charge is -2.35. The molecule has 2 unspecified atom stereocenters. The van der Waals surface area contributed by atoms with Gasteiger partial charge in [-0.3, -0.25) is 9.36 Å². The van der Waals surface area contributed by atoms with Crippen molar-refractivity contribution < 1.29 is 14.3 Å². The fourth-order valence-electron chi connectivity index (χ4n) is 3.50.